The van der Waals surface area contributed by atoms with Gasteiger partial charge in [0.15, 0.2) is 11.5 Å². The number of carbonyl (C=O) groups is 2. The minimum absolute atomic E-state index is 0.00351. The molecule has 0 unspecified atom stereocenters. The molecule has 0 radical (unpaired) electrons. The lowest BCUT2D eigenvalue weighted by Crippen LogP contribution is -2.50. The summed E-state index contributed by atoms with van der Waals surface area (Å²) >= 11 is 0. The van der Waals surface area contributed by atoms with Gasteiger partial charge in [0, 0.05) is 37.4 Å². The van der Waals surface area contributed by atoms with Crippen LogP contribution in [0.1, 0.15) is 24.2 Å². The summed E-state index contributed by atoms with van der Waals surface area (Å²) in [5, 5.41) is 2.75. The van der Waals surface area contributed by atoms with Gasteiger partial charge in [0.1, 0.15) is 5.82 Å². The number of halogens is 1. The molecule has 0 aliphatic carbocycles. The standard InChI is InChI=1S/C23H28FN3O4/c1-16(2)31-20-9-4-17(14-21(20)30-3)23(29)27-12-10-26(11-13-27)15-22(28)25-19-7-5-18(24)6-8-19/h4-9,14,16H,10-13,15H2,1-3H3,(H,25,28). The fraction of sp³-hybridized carbons (Fsp3) is 0.391. The van der Waals surface area contributed by atoms with Gasteiger partial charge in [-0.05, 0) is 56.3 Å². The van der Waals surface area contributed by atoms with Crippen molar-refractivity contribution in [3.63, 3.8) is 0 Å². The molecule has 1 aliphatic rings. The van der Waals surface area contributed by atoms with Crippen LogP contribution in [-0.4, -0.2) is 67.6 Å². The van der Waals surface area contributed by atoms with Gasteiger partial charge in [-0.25, -0.2) is 4.39 Å². The van der Waals surface area contributed by atoms with Crippen molar-refractivity contribution in [3.05, 3.63) is 53.8 Å². The van der Waals surface area contributed by atoms with Crippen molar-refractivity contribution in [1.82, 2.24) is 9.80 Å². The van der Waals surface area contributed by atoms with Gasteiger partial charge in [0.05, 0.1) is 19.8 Å². The van der Waals surface area contributed by atoms with Gasteiger partial charge in [-0.2, -0.15) is 0 Å². The van der Waals surface area contributed by atoms with Crippen molar-refractivity contribution in [2.24, 2.45) is 0 Å². The molecule has 1 aliphatic heterocycles. The van der Waals surface area contributed by atoms with Gasteiger partial charge in [0.2, 0.25) is 5.91 Å². The number of benzene rings is 2. The quantitative estimate of drug-likeness (QED) is 0.733. The van der Waals surface area contributed by atoms with Crippen LogP contribution in [0.4, 0.5) is 10.1 Å². The first-order valence-electron chi connectivity index (χ1n) is 10.3. The highest BCUT2D eigenvalue weighted by atomic mass is 19.1. The highest BCUT2D eigenvalue weighted by Gasteiger charge is 2.24. The van der Waals surface area contributed by atoms with Gasteiger partial charge in [-0.1, -0.05) is 0 Å². The number of carbonyl (C=O) groups excluding carboxylic acids is 2. The van der Waals surface area contributed by atoms with Crippen molar-refractivity contribution < 1.29 is 23.5 Å². The van der Waals surface area contributed by atoms with Gasteiger partial charge in [-0.3, -0.25) is 14.5 Å². The number of rotatable bonds is 7. The fourth-order valence-electron chi connectivity index (χ4n) is 3.38. The lowest BCUT2D eigenvalue weighted by atomic mass is 10.1. The van der Waals surface area contributed by atoms with E-state index < -0.39 is 0 Å². The topological polar surface area (TPSA) is 71.1 Å². The van der Waals surface area contributed by atoms with Crippen LogP contribution in [0.25, 0.3) is 0 Å². The van der Waals surface area contributed by atoms with Crippen LogP contribution in [0.2, 0.25) is 0 Å². The number of hydrogen-bond donors (Lipinski definition) is 1. The molecule has 8 heteroatoms. The smallest absolute Gasteiger partial charge is 0.254 e. The summed E-state index contributed by atoms with van der Waals surface area (Å²) in [6.07, 6.45) is 0.00351. The van der Waals surface area contributed by atoms with E-state index in [1.54, 1.807) is 30.2 Å². The molecule has 0 bridgehead atoms. The Morgan fingerprint density at radius 2 is 1.71 bits per heavy atom. The Bertz CT molecular complexity index is 910. The summed E-state index contributed by atoms with van der Waals surface area (Å²) in [5.74, 6) is 0.529. The van der Waals surface area contributed by atoms with Crippen LogP contribution in [0.5, 0.6) is 11.5 Å². The highest BCUT2D eigenvalue weighted by molar-refractivity contribution is 5.95. The fourth-order valence-corrected chi connectivity index (χ4v) is 3.38. The molecule has 1 heterocycles. The Labute approximate surface area is 181 Å². The van der Waals surface area contributed by atoms with Gasteiger partial charge >= 0.3 is 0 Å². The number of nitrogens with zero attached hydrogens (tertiary/aromatic N) is 2. The second kappa shape index (κ2) is 10.3. The van der Waals surface area contributed by atoms with Gasteiger partial charge in [0.25, 0.3) is 5.91 Å². The molecule has 1 fully saturated rings. The highest BCUT2D eigenvalue weighted by Crippen LogP contribution is 2.29. The van der Waals surface area contributed by atoms with E-state index in [4.69, 9.17) is 9.47 Å². The number of amides is 2. The molecular formula is C23H28FN3O4. The third-order valence-corrected chi connectivity index (χ3v) is 4.93. The molecular weight excluding hydrogens is 401 g/mol. The third-order valence-electron chi connectivity index (χ3n) is 4.93. The zero-order valence-corrected chi connectivity index (χ0v) is 18.1. The van der Waals surface area contributed by atoms with E-state index in [-0.39, 0.29) is 30.3 Å². The maximum absolute atomic E-state index is 13.0. The molecule has 31 heavy (non-hydrogen) atoms. The Morgan fingerprint density at radius 3 is 2.32 bits per heavy atom. The zero-order chi connectivity index (χ0) is 22.4. The van der Waals surface area contributed by atoms with E-state index in [0.717, 1.165) is 0 Å². The van der Waals surface area contributed by atoms with Crippen molar-refractivity contribution in [1.29, 1.82) is 0 Å². The van der Waals surface area contributed by atoms with Gasteiger partial charge in [-0.15, -0.1) is 0 Å². The molecule has 0 aromatic heterocycles. The van der Waals surface area contributed by atoms with E-state index in [1.165, 1.54) is 24.3 Å². The lowest BCUT2D eigenvalue weighted by molar-refractivity contribution is -0.117. The van der Waals surface area contributed by atoms with Crippen LogP contribution < -0.4 is 14.8 Å². The first-order chi connectivity index (χ1) is 14.9. The van der Waals surface area contributed by atoms with Crippen molar-refractivity contribution in [3.8, 4) is 11.5 Å². The molecule has 166 valence electrons. The average molecular weight is 429 g/mol. The Kier molecular flexibility index (Phi) is 7.46. The van der Waals surface area contributed by atoms with E-state index in [2.05, 4.69) is 5.32 Å². The summed E-state index contributed by atoms with van der Waals surface area (Å²) in [6.45, 7) is 6.30. The van der Waals surface area contributed by atoms with E-state index in [1.807, 2.05) is 18.7 Å². The molecule has 3 rings (SSSR count). The molecule has 2 aromatic rings. The predicted molar refractivity (Wildman–Crippen MR) is 116 cm³/mol. The van der Waals surface area contributed by atoms with Crippen molar-refractivity contribution in [2.75, 3.05) is 45.2 Å². The zero-order valence-electron chi connectivity index (χ0n) is 18.1. The summed E-state index contributed by atoms with van der Waals surface area (Å²) in [5.41, 5.74) is 1.09. The molecule has 0 saturated carbocycles. The third kappa shape index (κ3) is 6.18. The average Bonchev–Trinajstić information content (AvgIpc) is 2.75. The van der Waals surface area contributed by atoms with Crippen LogP contribution in [0.15, 0.2) is 42.5 Å². The second-order valence-corrected chi connectivity index (χ2v) is 7.66. The van der Waals surface area contributed by atoms with E-state index in [0.29, 0.717) is 48.9 Å². The number of methoxy groups -OCH3 is 1. The number of piperazine rings is 1. The van der Waals surface area contributed by atoms with Gasteiger partial charge < -0.3 is 19.7 Å². The molecule has 2 aromatic carbocycles. The normalized spacial score (nSPS) is 14.4. The number of anilines is 1. The first-order valence-corrected chi connectivity index (χ1v) is 10.3. The summed E-state index contributed by atoms with van der Waals surface area (Å²) in [7, 11) is 1.55. The lowest BCUT2D eigenvalue weighted by Gasteiger charge is -2.34. The maximum Gasteiger partial charge on any atom is 0.254 e. The van der Waals surface area contributed by atoms with Crippen LogP contribution in [0.3, 0.4) is 0 Å². The minimum Gasteiger partial charge on any atom is -0.493 e. The predicted octanol–water partition coefficient (Wildman–Crippen LogP) is 3.02. The van der Waals surface area contributed by atoms with Crippen LogP contribution in [0, 0.1) is 5.82 Å². The number of hydrogen-bond acceptors (Lipinski definition) is 5. The molecule has 0 atom stereocenters. The number of nitrogens with one attached hydrogen (secondary N) is 1. The molecule has 0 spiro atoms. The van der Waals surface area contributed by atoms with Crippen molar-refractivity contribution in [2.45, 2.75) is 20.0 Å². The molecule has 1 saturated heterocycles. The SMILES string of the molecule is COc1cc(C(=O)N2CCN(CC(=O)Nc3ccc(F)cc3)CC2)ccc1OC(C)C. The van der Waals surface area contributed by atoms with Crippen molar-refractivity contribution >= 4 is 17.5 Å². The van der Waals surface area contributed by atoms with E-state index >= 15 is 0 Å². The monoisotopic (exact) mass is 429 g/mol. The Morgan fingerprint density at radius 1 is 1.03 bits per heavy atom. The molecule has 2 amide bonds. The molecule has 7 nitrogen and oxygen atoms in total. The minimum atomic E-state index is -0.349. The Balaban J connectivity index is 1.52. The Hall–Kier alpha value is -3.13. The number of ether oxygens (including phenoxy) is 2. The van der Waals surface area contributed by atoms with Crippen LogP contribution in [-0.2, 0) is 4.79 Å². The summed E-state index contributed by atoms with van der Waals surface area (Å²) in [6, 6.07) is 10.8. The summed E-state index contributed by atoms with van der Waals surface area (Å²) in [4.78, 5) is 28.9. The second-order valence-electron chi connectivity index (χ2n) is 7.66. The maximum atomic E-state index is 13.0. The van der Waals surface area contributed by atoms with E-state index in [9.17, 15) is 14.0 Å². The first kappa shape index (κ1) is 22.6. The summed E-state index contributed by atoms with van der Waals surface area (Å²) < 4.78 is 24.0. The van der Waals surface area contributed by atoms with Crippen LogP contribution >= 0.6 is 0 Å². The molecule has 1 N–H and O–H groups in total. The largest absolute Gasteiger partial charge is 0.493 e.